The van der Waals surface area contributed by atoms with Crippen molar-refractivity contribution in [3.63, 3.8) is 0 Å². The van der Waals surface area contributed by atoms with Crippen molar-refractivity contribution in [2.24, 2.45) is 0 Å². The van der Waals surface area contributed by atoms with Crippen LogP contribution in [0.2, 0.25) is 0 Å². The van der Waals surface area contributed by atoms with Crippen LogP contribution in [0.4, 0.5) is 5.69 Å². The monoisotopic (exact) mass is 385 g/mol. The highest BCUT2D eigenvalue weighted by Gasteiger charge is 2.25. The normalized spacial score (nSPS) is 38.3. The van der Waals surface area contributed by atoms with Crippen LogP contribution >= 0.6 is 0 Å². The Morgan fingerprint density at radius 1 is 1.68 bits per heavy atom. The van der Waals surface area contributed by atoms with Crippen LogP contribution in [0, 0.1) is 0 Å². The van der Waals surface area contributed by atoms with Crippen molar-refractivity contribution in [2.45, 2.75) is 37.4 Å². The average Bonchev–Trinajstić information content (AvgIpc) is 2.87. The van der Waals surface area contributed by atoms with Gasteiger partial charge in [-0.3, -0.25) is 9.69 Å². The fourth-order valence-electron chi connectivity index (χ4n) is 1.85. The van der Waals surface area contributed by atoms with Gasteiger partial charge in [0.1, 0.15) is 5.75 Å². The summed E-state index contributed by atoms with van der Waals surface area (Å²) >= 11 is 0. The maximum Gasteiger partial charge on any atom is 0.255 e. The van der Waals surface area contributed by atoms with Gasteiger partial charge in [-0.2, -0.15) is 0 Å². The summed E-state index contributed by atoms with van der Waals surface area (Å²) in [5.74, 6) is -2.82. The summed E-state index contributed by atoms with van der Waals surface area (Å²) in [5, 5.41) is 1.53. The van der Waals surface area contributed by atoms with E-state index in [1.807, 2.05) is 0 Å². The highest BCUT2D eigenvalue weighted by Crippen LogP contribution is 2.29. The molecule has 0 radical (unpaired) electrons. The van der Waals surface area contributed by atoms with Crippen LogP contribution in [0.1, 0.15) is 58.8 Å². The second kappa shape index (κ2) is 8.05. The summed E-state index contributed by atoms with van der Waals surface area (Å²) < 4.78 is 159. The third-order valence-corrected chi connectivity index (χ3v) is 4.17. The zero-order valence-corrected chi connectivity index (χ0v) is 14.1. The van der Waals surface area contributed by atoms with Crippen LogP contribution in [-0.2, 0) is 9.84 Å². The Hall–Kier alpha value is -1.80. The predicted octanol–water partition coefficient (Wildman–Crippen LogP) is 1.29. The van der Waals surface area contributed by atoms with Gasteiger partial charge in [0.25, 0.3) is 5.91 Å². The van der Waals surface area contributed by atoms with E-state index in [2.05, 4.69) is 0 Å². The molecule has 0 aliphatic carbocycles. The molecule has 140 valence electrons. The largest absolute Gasteiger partial charge is 0.496 e. The molecule has 8 heteroatoms. The number of nitrogen functional groups attached to an aromatic ring is 1. The molecule has 0 spiro atoms. The molecule has 1 aliphatic heterocycles. The Bertz CT molecular complexity index is 1360. The third kappa shape index (κ3) is 4.24. The number of sulfone groups is 1. The minimum absolute atomic E-state index is 0.193. The summed E-state index contributed by atoms with van der Waals surface area (Å²) in [6, 6.07) is -6.21. The van der Waals surface area contributed by atoms with Gasteiger partial charge in [-0.1, -0.05) is 13.8 Å². The lowest BCUT2D eigenvalue weighted by Crippen LogP contribution is -2.40. The first-order valence-electron chi connectivity index (χ1n) is 14.8. The number of rotatable bonds is 7. The number of hydrogen-bond donors (Lipinski definition) is 2. The standard InChI is InChI=1S/C17H27N3O4S/c1-4-20-8-6-7-12(20)11-19-17(21)13-9-16(25(22,23)5-2)14(18)10-15(13)24-3/h9-10,12H,4-8,11,18H2,1-3H3,(H,19,21)/i2D3,5D2,6D2,7D2,8D2,9D,10D,11D2,12D. The van der Waals surface area contributed by atoms with Crippen molar-refractivity contribution in [1.82, 2.24) is 10.2 Å². The van der Waals surface area contributed by atoms with Gasteiger partial charge in [0.15, 0.2) is 9.84 Å². The molecule has 1 saturated heterocycles. The van der Waals surface area contributed by atoms with E-state index in [9.17, 15) is 13.2 Å². The van der Waals surface area contributed by atoms with Crippen LogP contribution in [0.3, 0.4) is 0 Å². The predicted molar refractivity (Wildman–Crippen MR) is 97.7 cm³/mol. The molecule has 1 amide bonds. The van der Waals surface area contributed by atoms with Crippen molar-refractivity contribution < 1.29 is 39.9 Å². The van der Waals surface area contributed by atoms with Gasteiger partial charge < -0.3 is 15.8 Å². The third-order valence-electron chi connectivity index (χ3n) is 3.05. The molecule has 0 aromatic heterocycles. The lowest BCUT2D eigenvalue weighted by atomic mass is 10.1. The van der Waals surface area contributed by atoms with E-state index in [0.29, 0.717) is 0 Å². The number of likely N-dealkylation sites (N-methyl/N-ethyl adjacent to an activating group) is 1. The molecule has 3 N–H and O–H groups in total. The number of carbonyl (C=O) groups excluding carboxylic acids is 1. The maximum atomic E-state index is 13.4. The average molecular weight is 386 g/mol. The molecule has 1 heterocycles. The molecule has 1 aliphatic rings. The van der Waals surface area contributed by atoms with Gasteiger partial charge in [0.2, 0.25) is 0 Å². The summed E-state index contributed by atoms with van der Waals surface area (Å²) in [5.41, 5.74) is -0.936. The molecule has 1 unspecified atom stereocenters. The zero-order valence-electron chi connectivity index (χ0n) is 29.3. The van der Waals surface area contributed by atoms with E-state index in [4.69, 9.17) is 32.4 Å². The quantitative estimate of drug-likeness (QED) is 0.686. The van der Waals surface area contributed by atoms with Crippen molar-refractivity contribution in [3.05, 3.63) is 17.6 Å². The minimum atomic E-state index is -5.79. The highest BCUT2D eigenvalue weighted by molar-refractivity contribution is 7.91. The van der Waals surface area contributed by atoms with Gasteiger partial charge in [-0.15, -0.1) is 0 Å². The number of likely N-dealkylation sites (tertiary alicyclic amines) is 1. The van der Waals surface area contributed by atoms with E-state index in [-0.39, 0.29) is 4.90 Å². The molecule has 1 aromatic rings. The lowest BCUT2D eigenvalue weighted by Gasteiger charge is -2.23. The van der Waals surface area contributed by atoms with Gasteiger partial charge in [0.05, 0.1) is 34.4 Å². The number of benzene rings is 1. The first-order chi connectivity index (χ1) is 18.0. The molecule has 2 rings (SSSR count). The minimum Gasteiger partial charge on any atom is -0.496 e. The first-order valence-corrected chi connectivity index (χ1v) is 8.30. The molecule has 0 saturated carbocycles. The summed E-state index contributed by atoms with van der Waals surface area (Å²) in [7, 11) is -4.96. The summed E-state index contributed by atoms with van der Waals surface area (Å²) in [6.07, 6.45) is -7.19. The van der Waals surface area contributed by atoms with E-state index in [0.717, 1.165) is 7.11 Å². The van der Waals surface area contributed by atoms with E-state index in [1.165, 1.54) is 12.2 Å². The van der Waals surface area contributed by atoms with Crippen molar-refractivity contribution >= 4 is 21.4 Å². The second-order valence-corrected chi connectivity index (χ2v) is 6.16. The van der Waals surface area contributed by atoms with Crippen LogP contribution < -0.4 is 15.8 Å². The molecular formula is C17H27N3O4S. The fourth-order valence-corrected chi connectivity index (χ4v) is 2.53. The molecule has 1 fully saturated rings. The first kappa shape index (κ1) is 7.08. The number of nitrogens with one attached hydrogen (secondary N) is 1. The Labute approximate surface area is 171 Å². The zero-order chi connectivity index (χ0) is 32.7. The Morgan fingerprint density at radius 2 is 2.44 bits per heavy atom. The van der Waals surface area contributed by atoms with Crippen LogP contribution in [0.15, 0.2) is 17.0 Å². The van der Waals surface area contributed by atoms with Crippen LogP contribution in [0.5, 0.6) is 5.75 Å². The number of amides is 1. The Morgan fingerprint density at radius 3 is 3.08 bits per heavy atom. The maximum absolute atomic E-state index is 13.4. The van der Waals surface area contributed by atoms with E-state index < -0.39 is 101 Å². The molecule has 25 heavy (non-hydrogen) atoms. The van der Waals surface area contributed by atoms with Crippen molar-refractivity contribution in [1.29, 1.82) is 0 Å². The number of anilines is 1. The number of nitrogens with two attached hydrogens (primary N) is 1. The van der Waals surface area contributed by atoms with E-state index >= 15 is 0 Å². The number of nitrogens with zero attached hydrogens (tertiary/aromatic N) is 1. The molecule has 0 bridgehead atoms. The van der Waals surface area contributed by atoms with Gasteiger partial charge >= 0.3 is 0 Å². The summed E-state index contributed by atoms with van der Waals surface area (Å²) in [4.78, 5) is 12.0. The second-order valence-electron chi connectivity index (χ2n) is 4.54. The number of methoxy groups -OCH3 is 1. The number of carbonyl (C=O) groups is 1. The van der Waals surface area contributed by atoms with Crippen molar-refractivity contribution in [3.8, 4) is 5.75 Å². The fraction of sp³-hybridized carbons (Fsp3) is 0.588. The SMILES string of the molecule is [2H]c1c(N)c(S(=O)(=O)C([2H])([2H])C([2H])([2H])[2H])c([2H])c(C(=O)NC([2H])([2H])C2([2H])N(CC)C([2H])([2H])C([2H])([2H])C2([2H])[2H])c1OC. The molecule has 1 atom stereocenters. The Kier molecular flexibility index (Phi) is 2.28. The van der Waals surface area contributed by atoms with Crippen LogP contribution in [-0.4, -0.2) is 57.6 Å². The van der Waals surface area contributed by atoms with Crippen LogP contribution in [0.25, 0.3) is 0 Å². The Balaban J connectivity index is 2.87. The molecule has 7 nitrogen and oxygen atoms in total. The van der Waals surface area contributed by atoms with Gasteiger partial charge in [0, 0.05) is 35.0 Å². The van der Waals surface area contributed by atoms with Crippen molar-refractivity contribution in [2.75, 3.05) is 38.1 Å². The topological polar surface area (TPSA) is 102 Å². The van der Waals surface area contributed by atoms with Gasteiger partial charge in [-0.25, -0.2) is 8.42 Å². The molecule has 1 aromatic carbocycles. The number of hydrogen-bond acceptors (Lipinski definition) is 6. The summed E-state index contributed by atoms with van der Waals surface area (Å²) in [6.45, 7) is -10.3. The van der Waals surface area contributed by atoms with Gasteiger partial charge in [-0.05, 0) is 31.8 Å². The molecular weight excluding hydrogens is 342 g/mol. The highest BCUT2D eigenvalue weighted by atomic mass is 32.2. The van der Waals surface area contributed by atoms with E-state index in [1.54, 1.807) is 0 Å². The number of ether oxygens (including phenoxy) is 1. The smallest absolute Gasteiger partial charge is 0.255 e. The lowest BCUT2D eigenvalue weighted by molar-refractivity contribution is 0.0938.